The Morgan fingerprint density at radius 2 is 1.92 bits per heavy atom. The molecule has 3 rings (SSSR count). The third-order valence-corrected chi connectivity index (χ3v) is 5.46. The van der Waals surface area contributed by atoms with Crippen LogP contribution in [0.2, 0.25) is 0 Å². The van der Waals surface area contributed by atoms with Crippen molar-refractivity contribution in [3.05, 3.63) is 42.3 Å². The zero-order valence-corrected chi connectivity index (χ0v) is 15.2. The van der Waals surface area contributed by atoms with Crippen molar-refractivity contribution in [1.82, 2.24) is 10.3 Å². The highest BCUT2D eigenvalue weighted by molar-refractivity contribution is 7.99. The normalized spacial score (nSPS) is 19.8. The average molecular weight is 374 g/mol. The summed E-state index contributed by atoms with van der Waals surface area (Å²) in [7, 11) is 0. The fraction of sp³-hybridized carbons (Fsp3) is 0.421. The highest BCUT2D eigenvalue weighted by atomic mass is 32.2. The summed E-state index contributed by atoms with van der Waals surface area (Å²) >= 11 is 1.49. The number of aliphatic carboxylic acids is 1. The van der Waals surface area contributed by atoms with Crippen molar-refractivity contribution in [2.75, 3.05) is 5.75 Å². The van der Waals surface area contributed by atoms with E-state index in [9.17, 15) is 9.59 Å². The van der Waals surface area contributed by atoms with Crippen LogP contribution in [0.4, 0.5) is 0 Å². The van der Waals surface area contributed by atoms with Gasteiger partial charge in [0.1, 0.15) is 6.26 Å². The van der Waals surface area contributed by atoms with E-state index < -0.39 is 5.97 Å². The quantitative estimate of drug-likeness (QED) is 0.772. The van der Waals surface area contributed by atoms with Crippen molar-refractivity contribution in [3.8, 4) is 11.5 Å². The van der Waals surface area contributed by atoms with E-state index in [-0.39, 0.29) is 17.9 Å². The van der Waals surface area contributed by atoms with Crippen molar-refractivity contribution in [2.24, 2.45) is 5.92 Å². The van der Waals surface area contributed by atoms with Gasteiger partial charge in [0, 0.05) is 17.4 Å². The first kappa shape index (κ1) is 18.5. The second-order valence-electron chi connectivity index (χ2n) is 6.46. The van der Waals surface area contributed by atoms with Crippen molar-refractivity contribution in [2.45, 2.75) is 37.5 Å². The number of nitrogens with one attached hydrogen (secondary N) is 1. The molecule has 0 saturated heterocycles. The first-order valence-electron chi connectivity index (χ1n) is 8.71. The molecule has 138 valence electrons. The van der Waals surface area contributed by atoms with Crippen molar-refractivity contribution in [3.63, 3.8) is 0 Å². The van der Waals surface area contributed by atoms with E-state index >= 15 is 0 Å². The fourth-order valence-electron chi connectivity index (χ4n) is 3.09. The number of aromatic nitrogens is 1. The zero-order valence-electron chi connectivity index (χ0n) is 14.4. The third kappa shape index (κ3) is 5.11. The third-order valence-electron chi connectivity index (χ3n) is 4.50. The number of carboxylic acid groups (broad SMARTS) is 1. The molecule has 2 N–H and O–H groups in total. The average Bonchev–Trinajstić information content (AvgIpc) is 3.12. The van der Waals surface area contributed by atoms with Crippen LogP contribution < -0.4 is 5.32 Å². The zero-order chi connectivity index (χ0) is 18.4. The van der Waals surface area contributed by atoms with Crippen LogP contribution in [0.3, 0.4) is 0 Å². The summed E-state index contributed by atoms with van der Waals surface area (Å²) in [6, 6.07) is 9.78. The van der Waals surface area contributed by atoms with Gasteiger partial charge in [-0.3, -0.25) is 9.59 Å². The molecule has 1 heterocycles. The van der Waals surface area contributed by atoms with Gasteiger partial charge in [0.2, 0.25) is 11.8 Å². The summed E-state index contributed by atoms with van der Waals surface area (Å²) < 4.78 is 5.49. The lowest BCUT2D eigenvalue weighted by atomic mass is 9.86. The Kier molecular flexibility index (Phi) is 6.33. The molecule has 0 aliphatic heterocycles. The molecular formula is C19H22N2O4S. The lowest BCUT2D eigenvalue weighted by Crippen LogP contribution is -2.39. The lowest BCUT2D eigenvalue weighted by Gasteiger charge is -2.26. The van der Waals surface area contributed by atoms with Gasteiger partial charge in [-0.1, -0.05) is 18.2 Å². The van der Waals surface area contributed by atoms with E-state index in [0.717, 1.165) is 24.1 Å². The number of hydrogen-bond donors (Lipinski definition) is 2. The van der Waals surface area contributed by atoms with Gasteiger partial charge >= 0.3 is 5.97 Å². The Morgan fingerprint density at radius 3 is 2.62 bits per heavy atom. The van der Waals surface area contributed by atoms with E-state index in [1.807, 2.05) is 30.3 Å². The first-order valence-corrected chi connectivity index (χ1v) is 9.87. The van der Waals surface area contributed by atoms with E-state index in [2.05, 4.69) is 10.3 Å². The number of nitrogens with zero attached hydrogens (tertiary/aromatic N) is 1. The molecule has 26 heavy (non-hydrogen) atoms. The highest BCUT2D eigenvalue weighted by Crippen LogP contribution is 2.25. The molecule has 0 radical (unpaired) electrons. The predicted molar refractivity (Wildman–Crippen MR) is 99.6 cm³/mol. The molecule has 0 spiro atoms. The summed E-state index contributed by atoms with van der Waals surface area (Å²) in [4.78, 5) is 27.4. The predicted octanol–water partition coefficient (Wildman–Crippen LogP) is 3.33. The molecule has 1 aromatic carbocycles. The molecule has 2 aromatic rings. The Bertz CT molecular complexity index is 739. The summed E-state index contributed by atoms with van der Waals surface area (Å²) in [6.45, 7) is 0. The maximum absolute atomic E-state index is 12.1. The van der Waals surface area contributed by atoms with Crippen LogP contribution in [-0.4, -0.2) is 33.8 Å². The monoisotopic (exact) mass is 374 g/mol. The van der Waals surface area contributed by atoms with Gasteiger partial charge in [0.05, 0.1) is 17.4 Å². The van der Waals surface area contributed by atoms with Crippen LogP contribution in [0.25, 0.3) is 11.5 Å². The van der Waals surface area contributed by atoms with Gasteiger partial charge in [-0.25, -0.2) is 4.98 Å². The first-order chi connectivity index (χ1) is 12.6. The van der Waals surface area contributed by atoms with Crippen molar-refractivity contribution >= 4 is 23.6 Å². The Morgan fingerprint density at radius 1 is 1.19 bits per heavy atom. The van der Waals surface area contributed by atoms with E-state index in [1.165, 1.54) is 11.8 Å². The molecule has 1 aromatic heterocycles. The van der Waals surface area contributed by atoms with Crippen LogP contribution in [-0.2, 0) is 15.3 Å². The Labute approximate surface area is 156 Å². The minimum Gasteiger partial charge on any atom is -0.481 e. The molecule has 1 fully saturated rings. The molecule has 7 heteroatoms. The molecule has 1 aliphatic carbocycles. The largest absolute Gasteiger partial charge is 0.481 e. The second kappa shape index (κ2) is 8.89. The fourth-order valence-corrected chi connectivity index (χ4v) is 3.80. The van der Waals surface area contributed by atoms with Crippen molar-refractivity contribution in [1.29, 1.82) is 0 Å². The highest BCUT2D eigenvalue weighted by Gasteiger charge is 2.26. The van der Waals surface area contributed by atoms with E-state index in [0.29, 0.717) is 30.2 Å². The number of oxazole rings is 1. The van der Waals surface area contributed by atoms with Crippen LogP contribution in [0.5, 0.6) is 0 Å². The van der Waals surface area contributed by atoms with Crippen LogP contribution in [0.1, 0.15) is 31.4 Å². The van der Waals surface area contributed by atoms with Gasteiger partial charge in [-0.05, 0) is 37.8 Å². The lowest BCUT2D eigenvalue weighted by molar-refractivity contribution is -0.142. The van der Waals surface area contributed by atoms with E-state index in [4.69, 9.17) is 9.52 Å². The molecule has 1 aliphatic rings. The minimum atomic E-state index is -0.729. The second-order valence-corrected chi connectivity index (χ2v) is 7.44. The molecule has 1 amide bonds. The maximum Gasteiger partial charge on any atom is 0.306 e. The summed E-state index contributed by atoms with van der Waals surface area (Å²) in [5.41, 5.74) is 1.74. The molecule has 0 bridgehead atoms. The number of carbonyl (C=O) groups is 2. The summed E-state index contributed by atoms with van der Waals surface area (Å²) in [5, 5.41) is 12.0. The van der Waals surface area contributed by atoms with Crippen LogP contribution >= 0.6 is 11.8 Å². The van der Waals surface area contributed by atoms with E-state index in [1.54, 1.807) is 6.26 Å². The number of thioether (sulfide) groups is 1. The Hall–Kier alpha value is -2.28. The molecule has 6 nitrogen and oxygen atoms in total. The van der Waals surface area contributed by atoms with Gasteiger partial charge < -0.3 is 14.8 Å². The number of hydrogen-bond acceptors (Lipinski definition) is 5. The van der Waals surface area contributed by atoms with Gasteiger partial charge in [0.25, 0.3) is 0 Å². The minimum absolute atomic E-state index is 0.0134. The SMILES string of the molecule is O=C(CSCc1coc(-c2ccccc2)n1)NC1CCC(C(=O)O)CC1. The number of carbonyl (C=O) groups excluding carboxylic acids is 1. The van der Waals surface area contributed by atoms with Gasteiger partial charge in [-0.2, -0.15) is 0 Å². The standard InChI is InChI=1S/C19H22N2O4S/c22-17(20-15-8-6-14(7-9-15)19(23)24)12-26-11-16-10-25-18(21-16)13-4-2-1-3-5-13/h1-5,10,14-15H,6-9,11-12H2,(H,20,22)(H,23,24). The number of rotatable bonds is 7. The van der Waals surface area contributed by atoms with Crippen molar-refractivity contribution < 1.29 is 19.1 Å². The van der Waals surface area contributed by atoms with Gasteiger partial charge in [0.15, 0.2) is 0 Å². The number of carboxylic acids is 1. The number of benzene rings is 1. The molecule has 1 saturated carbocycles. The molecule has 0 unspecified atom stereocenters. The molecule has 0 atom stereocenters. The smallest absolute Gasteiger partial charge is 0.306 e. The summed E-state index contributed by atoms with van der Waals surface area (Å²) in [6.07, 6.45) is 4.36. The summed E-state index contributed by atoms with van der Waals surface area (Å²) in [5.74, 6) is 0.541. The van der Waals surface area contributed by atoms with Gasteiger partial charge in [-0.15, -0.1) is 11.8 Å². The van der Waals surface area contributed by atoms with Crippen LogP contribution in [0.15, 0.2) is 41.0 Å². The topological polar surface area (TPSA) is 92.4 Å². The Balaban J connectivity index is 1.38. The number of amides is 1. The molecular weight excluding hydrogens is 352 g/mol. The van der Waals surface area contributed by atoms with Crippen LogP contribution in [0, 0.1) is 5.92 Å². The maximum atomic E-state index is 12.1.